The summed E-state index contributed by atoms with van der Waals surface area (Å²) in [5, 5.41) is 0.923. The molecule has 1 aromatic carbocycles. The zero-order chi connectivity index (χ0) is 14.7. The van der Waals surface area contributed by atoms with Crippen molar-refractivity contribution in [2.75, 3.05) is 18.5 Å². The Morgan fingerprint density at radius 3 is 2.90 bits per heavy atom. The van der Waals surface area contributed by atoms with Crippen LogP contribution in [0.15, 0.2) is 24.3 Å². The lowest BCUT2D eigenvalue weighted by Gasteiger charge is -2.38. The molecule has 1 amide bonds. The number of amides is 1. The maximum absolute atomic E-state index is 12.8. The van der Waals surface area contributed by atoms with Gasteiger partial charge in [-0.15, -0.1) is 0 Å². The third kappa shape index (κ3) is 3.18. The molecule has 1 fully saturated rings. The zero-order valence-corrected chi connectivity index (χ0v) is 13.5. The van der Waals surface area contributed by atoms with Gasteiger partial charge in [-0.25, -0.2) is 0 Å². The largest absolute Gasteiger partial charge is 0.485 e. The molecule has 0 bridgehead atoms. The quantitative estimate of drug-likeness (QED) is 0.784. The fraction of sp³-hybridized carbons (Fsp3) is 0.562. The van der Waals surface area contributed by atoms with Crippen molar-refractivity contribution in [1.29, 1.82) is 0 Å². The van der Waals surface area contributed by atoms with Crippen LogP contribution in [0.2, 0.25) is 0 Å². The third-order valence-corrected chi connectivity index (χ3v) is 4.59. The van der Waals surface area contributed by atoms with Crippen LogP contribution in [0.1, 0.15) is 25.7 Å². The van der Waals surface area contributed by atoms with Crippen molar-refractivity contribution in [2.45, 2.75) is 37.8 Å². The molecule has 4 nitrogen and oxygen atoms in total. The van der Waals surface area contributed by atoms with Crippen LogP contribution in [0.4, 0.5) is 0 Å². The van der Waals surface area contributed by atoms with Gasteiger partial charge in [0, 0.05) is 17.9 Å². The number of para-hydroxylation sites is 2. The van der Waals surface area contributed by atoms with Gasteiger partial charge >= 0.3 is 0 Å². The third-order valence-electron chi connectivity index (χ3n) is 4.14. The van der Waals surface area contributed by atoms with Crippen LogP contribution >= 0.6 is 15.9 Å². The predicted molar refractivity (Wildman–Crippen MR) is 84.1 cm³/mol. The average molecular weight is 354 g/mol. The summed E-state index contributed by atoms with van der Waals surface area (Å²) >= 11 is 3.49. The van der Waals surface area contributed by atoms with Crippen LogP contribution in [0.3, 0.4) is 0 Å². The van der Waals surface area contributed by atoms with Crippen molar-refractivity contribution in [2.24, 2.45) is 0 Å². The lowest BCUT2D eigenvalue weighted by Crippen LogP contribution is -2.52. The standard InChI is InChI=1S/C16H20BrNO3/c17-9-8-12-5-3-4-10-18(12)16(19)15-11-20-13-6-1-2-7-14(13)21-15/h1-2,6-7,12,15H,3-5,8-11H2. The van der Waals surface area contributed by atoms with E-state index in [1.165, 1.54) is 6.42 Å². The van der Waals surface area contributed by atoms with E-state index in [9.17, 15) is 4.79 Å². The zero-order valence-electron chi connectivity index (χ0n) is 12.0. The molecule has 0 N–H and O–H groups in total. The molecular formula is C16H20BrNO3. The lowest BCUT2D eigenvalue weighted by molar-refractivity contribution is -0.145. The van der Waals surface area contributed by atoms with Crippen molar-refractivity contribution in [3.63, 3.8) is 0 Å². The summed E-state index contributed by atoms with van der Waals surface area (Å²) in [5.74, 6) is 1.45. The van der Waals surface area contributed by atoms with E-state index in [4.69, 9.17) is 9.47 Å². The Labute approximate surface area is 133 Å². The molecule has 0 aromatic heterocycles. The summed E-state index contributed by atoms with van der Waals surface area (Å²) < 4.78 is 11.5. The fourth-order valence-electron chi connectivity index (χ4n) is 3.04. The number of likely N-dealkylation sites (tertiary alicyclic amines) is 1. The Morgan fingerprint density at radius 2 is 2.10 bits per heavy atom. The van der Waals surface area contributed by atoms with Gasteiger partial charge in [0.15, 0.2) is 11.5 Å². The number of hydrogen-bond acceptors (Lipinski definition) is 3. The second kappa shape index (κ2) is 6.69. The summed E-state index contributed by atoms with van der Waals surface area (Å²) in [6.07, 6.45) is 3.84. The molecule has 2 unspecified atom stereocenters. The number of carbonyl (C=O) groups is 1. The lowest BCUT2D eigenvalue weighted by atomic mass is 9.99. The first kappa shape index (κ1) is 14.7. The molecule has 2 aliphatic heterocycles. The molecule has 21 heavy (non-hydrogen) atoms. The molecule has 2 aliphatic rings. The highest BCUT2D eigenvalue weighted by Crippen LogP contribution is 2.32. The second-order valence-electron chi connectivity index (χ2n) is 5.52. The van der Waals surface area contributed by atoms with E-state index >= 15 is 0 Å². The summed E-state index contributed by atoms with van der Waals surface area (Å²) in [5.41, 5.74) is 0. The van der Waals surface area contributed by atoms with Crippen LogP contribution < -0.4 is 9.47 Å². The van der Waals surface area contributed by atoms with Crippen molar-refractivity contribution in [3.05, 3.63) is 24.3 Å². The molecule has 114 valence electrons. The summed E-state index contributed by atoms with van der Waals surface area (Å²) in [6, 6.07) is 7.84. The molecule has 1 aromatic rings. The van der Waals surface area contributed by atoms with Crippen molar-refractivity contribution >= 4 is 21.8 Å². The van der Waals surface area contributed by atoms with Crippen LogP contribution in [-0.4, -0.2) is 41.4 Å². The fourth-order valence-corrected chi connectivity index (χ4v) is 3.57. The van der Waals surface area contributed by atoms with Gasteiger partial charge in [-0.1, -0.05) is 28.1 Å². The van der Waals surface area contributed by atoms with E-state index in [0.717, 1.165) is 36.9 Å². The van der Waals surface area contributed by atoms with E-state index < -0.39 is 6.10 Å². The van der Waals surface area contributed by atoms with E-state index in [2.05, 4.69) is 15.9 Å². The summed E-state index contributed by atoms with van der Waals surface area (Å²) in [6.45, 7) is 1.13. The first-order valence-electron chi connectivity index (χ1n) is 7.54. The number of rotatable bonds is 3. The van der Waals surface area contributed by atoms with Gasteiger partial charge in [-0.2, -0.15) is 0 Å². The number of piperidine rings is 1. The van der Waals surface area contributed by atoms with Crippen molar-refractivity contribution in [1.82, 2.24) is 4.90 Å². The van der Waals surface area contributed by atoms with Crippen LogP contribution in [-0.2, 0) is 4.79 Å². The van der Waals surface area contributed by atoms with Gasteiger partial charge in [0.2, 0.25) is 6.10 Å². The monoisotopic (exact) mass is 353 g/mol. The highest BCUT2D eigenvalue weighted by molar-refractivity contribution is 9.09. The van der Waals surface area contributed by atoms with E-state index in [1.54, 1.807) is 0 Å². The molecule has 2 heterocycles. The molecule has 0 aliphatic carbocycles. The van der Waals surface area contributed by atoms with Crippen LogP contribution in [0, 0.1) is 0 Å². The Kier molecular flexibility index (Phi) is 4.68. The SMILES string of the molecule is O=C(C1COc2ccccc2O1)N1CCCCC1CCBr. The van der Waals surface area contributed by atoms with Gasteiger partial charge in [-0.05, 0) is 37.8 Å². The van der Waals surface area contributed by atoms with Gasteiger partial charge < -0.3 is 14.4 Å². The molecule has 0 spiro atoms. The Morgan fingerprint density at radius 1 is 1.29 bits per heavy atom. The minimum Gasteiger partial charge on any atom is -0.485 e. The topological polar surface area (TPSA) is 38.8 Å². The van der Waals surface area contributed by atoms with E-state index in [-0.39, 0.29) is 5.91 Å². The maximum atomic E-state index is 12.8. The number of benzene rings is 1. The van der Waals surface area contributed by atoms with E-state index in [1.807, 2.05) is 29.2 Å². The smallest absolute Gasteiger partial charge is 0.267 e. The predicted octanol–water partition coefficient (Wildman–Crippen LogP) is 2.99. The Bertz CT molecular complexity index is 506. The number of halogens is 1. The minimum absolute atomic E-state index is 0.0650. The second-order valence-corrected chi connectivity index (χ2v) is 6.32. The van der Waals surface area contributed by atoms with Crippen LogP contribution in [0.5, 0.6) is 11.5 Å². The number of nitrogens with zero attached hydrogens (tertiary/aromatic N) is 1. The molecule has 0 radical (unpaired) electrons. The van der Waals surface area contributed by atoms with E-state index in [0.29, 0.717) is 18.4 Å². The summed E-state index contributed by atoms with van der Waals surface area (Å²) in [4.78, 5) is 14.7. The Balaban J connectivity index is 1.70. The molecule has 3 rings (SSSR count). The first-order valence-corrected chi connectivity index (χ1v) is 8.66. The Hall–Kier alpha value is -1.23. The highest BCUT2D eigenvalue weighted by Gasteiger charge is 2.35. The number of alkyl halides is 1. The van der Waals surface area contributed by atoms with Crippen LogP contribution in [0.25, 0.3) is 0 Å². The number of carbonyl (C=O) groups excluding carboxylic acids is 1. The highest BCUT2D eigenvalue weighted by atomic mass is 79.9. The van der Waals surface area contributed by atoms with Gasteiger partial charge in [0.05, 0.1) is 0 Å². The first-order chi connectivity index (χ1) is 10.3. The van der Waals surface area contributed by atoms with Gasteiger partial charge in [0.25, 0.3) is 5.91 Å². The molecule has 5 heteroatoms. The average Bonchev–Trinajstić information content (AvgIpc) is 2.54. The number of fused-ring (bicyclic) bond motifs is 1. The number of hydrogen-bond donors (Lipinski definition) is 0. The number of ether oxygens (including phenoxy) is 2. The molecule has 2 atom stereocenters. The van der Waals surface area contributed by atoms with Gasteiger partial charge in [-0.3, -0.25) is 4.79 Å². The van der Waals surface area contributed by atoms with Crippen molar-refractivity contribution in [3.8, 4) is 11.5 Å². The maximum Gasteiger partial charge on any atom is 0.267 e. The molecule has 0 saturated carbocycles. The molecular weight excluding hydrogens is 334 g/mol. The minimum atomic E-state index is -0.518. The van der Waals surface area contributed by atoms with Gasteiger partial charge in [0.1, 0.15) is 6.61 Å². The molecule has 1 saturated heterocycles. The van der Waals surface area contributed by atoms with Crippen molar-refractivity contribution < 1.29 is 14.3 Å². The summed E-state index contributed by atoms with van der Waals surface area (Å²) in [7, 11) is 0. The normalized spacial score (nSPS) is 24.7.